The Balaban J connectivity index is 2.56. The average molecular weight is 236 g/mol. The maximum absolute atomic E-state index is 9.88. The molecule has 0 aliphatic heterocycles. The molecule has 0 saturated heterocycles. The van der Waals surface area contributed by atoms with E-state index in [1.807, 2.05) is 13.8 Å². The van der Waals surface area contributed by atoms with Crippen LogP contribution in [0.15, 0.2) is 12.7 Å². The Hall–Kier alpha value is -1.01. The zero-order valence-electron chi connectivity index (χ0n) is 11.4. The molecule has 0 radical (unpaired) electrons. The van der Waals surface area contributed by atoms with Crippen LogP contribution in [0.5, 0.6) is 0 Å². The monoisotopic (exact) mass is 236 g/mol. The smallest absolute Gasteiger partial charge is 0.179 e. The van der Waals surface area contributed by atoms with E-state index < -0.39 is 5.60 Å². The summed E-state index contributed by atoms with van der Waals surface area (Å²) in [6.07, 6.45) is 4.75. The van der Waals surface area contributed by atoms with E-state index in [-0.39, 0.29) is 5.41 Å². The highest BCUT2D eigenvalue weighted by molar-refractivity contribution is 5.08. The first-order valence-corrected chi connectivity index (χ1v) is 6.20. The minimum Gasteiger partial charge on any atom is -0.390 e. The van der Waals surface area contributed by atoms with E-state index in [4.69, 9.17) is 5.26 Å². The normalized spacial score (nSPS) is 26.1. The summed E-state index contributed by atoms with van der Waals surface area (Å²) in [5.74, 6) is 0.997. The first kappa shape index (κ1) is 14.1. The molecule has 2 atom stereocenters. The predicted molar refractivity (Wildman–Crippen MR) is 69.1 cm³/mol. The van der Waals surface area contributed by atoms with Gasteiger partial charge in [-0.3, -0.25) is 0 Å². The summed E-state index contributed by atoms with van der Waals surface area (Å²) in [7, 11) is 0. The van der Waals surface area contributed by atoms with Crippen LogP contribution in [-0.2, 0) is 0 Å². The van der Waals surface area contributed by atoms with Gasteiger partial charge in [0.15, 0.2) is 6.19 Å². The van der Waals surface area contributed by atoms with Gasteiger partial charge < -0.3 is 10.0 Å². The van der Waals surface area contributed by atoms with Crippen molar-refractivity contribution >= 4 is 0 Å². The van der Waals surface area contributed by atoms with Crippen LogP contribution in [0.2, 0.25) is 0 Å². The predicted octanol–water partition coefficient (Wildman–Crippen LogP) is 2.39. The number of nitrogens with zero attached hydrogens (tertiary/aromatic N) is 2. The van der Waals surface area contributed by atoms with Crippen molar-refractivity contribution in [2.24, 2.45) is 17.3 Å². The summed E-state index contributed by atoms with van der Waals surface area (Å²) < 4.78 is 0. The van der Waals surface area contributed by atoms with E-state index in [2.05, 4.69) is 26.6 Å². The van der Waals surface area contributed by atoms with Crippen LogP contribution in [0.3, 0.4) is 0 Å². The Morgan fingerprint density at radius 1 is 1.47 bits per heavy atom. The second-order valence-electron chi connectivity index (χ2n) is 6.34. The van der Waals surface area contributed by atoms with E-state index >= 15 is 0 Å². The molecule has 1 N–H and O–H groups in total. The van der Waals surface area contributed by atoms with Gasteiger partial charge in [-0.2, -0.15) is 5.26 Å². The lowest BCUT2D eigenvalue weighted by molar-refractivity contribution is 0.0600. The largest absolute Gasteiger partial charge is 0.390 e. The van der Waals surface area contributed by atoms with E-state index in [0.717, 1.165) is 13.0 Å². The van der Waals surface area contributed by atoms with Gasteiger partial charge in [0, 0.05) is 13.1 Å². The third-order valence-corrected chi connectivity index (χ3v) is 3.92. The lowest BCUT2D eigenvalue weighted by Crippen LogP contribution is -2.23. The number of aliphatic hydroxyl groups is 1. The number of hydrogen-bond acceptors (Lipinski definition) is 3. The van der Waals surface area contributed by atoms with Gasteiger partial charge in [-0.1, -0.05) is 19.9 Å². The van der Waals surface area contributed by atoms with Crippen LogP contribution < -0.4 is 0 Å². The van der Waals surface area contributed by atoms with Crippen molar-refractivity contribution in [1.82, 2.24) is 4.90 Å². The minimum absolute atomic E-state index is 0.232. The van der Waals surface area contributed by atoms with Gasteiger partial charge in [0.05, 0.1) is 5.60 Å². The van der Waals surface area contributed by atoms with Crippen molar-refractivity contribution in [1.29, 1.82) is 5.26 Å². The minimum atomic E-state index is -0.618. The van der Waals surface area contributed by atoms with E-state index in [9.17, 15) is 5.11 Å². The molecule has 3 nitrogen and oxygen atoms in total. The van der Waals surface area contributed by atoms with E-state index in [1.165, 1.54) is 0 Å². The Kier molecular flexibility index (Phi) is 3.88. The standard InChI is InChI=1S/C14H24N2O/c1-6-7-16(10-15)9-12-11(14(12,4)5)8-13(2,3)17/h6,11-12,17H,1,7-9H2,2-5H3/t11-,12-/m0/s1. The summed E-state index contributed by atoms with van der Waals surface area (Å²) in [6.45, 7) is 13.2. The fourth-order valence-corrected chi connectivity index (χ4v) is 2.71. The SMILES string of the molecule is C=CCN(C#N)C[C@H]1[C@H](CC(C)(C)O)C1(C)C. The van der Waals surface area contributed by atoms with Gasteiger partial charge in [0.25, 0.3) is 0 Å². The molecule has 0 heterocycles. The Morgan fingerprint density at radius 3 is 2.47 bits per heavy atom. The highest BCUT2D eigenvalue weighted by Gasteiger charge is 2.58. The molecular formula is C14H24N2O. The molecule has 0 unspecified atom stereocenters. The molecule has 1 aliphatic carbocycles. The van der Waals surface area contributed by atoms with Crippen molar-refractivity contribution in [3.63, 3.8) is 0 Å². The summed E-state index contributed by atoms with van der Waals surface area (Å²) >= 11 is 0. The molecular weight excluding hydrogens is 212 g/mol. The topological polar surface area (TPSA) is 47.3 Å². The molecule has 1 fully saturated rings. The van der Waals surface area contributed by atoms with Gasteiger partial charge in [0.1, 0.15) is 0 Å². The summed E-state index contributed by atoms with van der Waals surface area (Å²) in [5, 5.41) is 18.9. The molecule has 17 heavy (non-hydrogen) atoms. The number of rotatable bonds is 6. The van der Waals surface area contributed by atoms with E-state index in [1.54, 1.807) is 11.0 Å². The highest BCUT2D eigenvalue weighted by atomic mass is 16.3. The second-order valence-corrected chi connectivity index (χ2v) is 6.34. The molecule has 0 bridgehead atoms. The van der Waals surface area contributed by atoms with Crippen LogP contribution >= 0.6 is 0 Å². The fourth-order valence-electron chi connectivity index (χ4n) is 2.71. The fraction of sp³-hybridized carbons (Fsp3) is 0.786. The Bertz CT molecular complexity index is 322. The highest BCUT2D eigenvalue weighted by Crippen LogP contribution is 2.61. The Labute approximate surface area is 105 Å². The van der Waals surface area contributed by atoms with Crippen molar-refractivity contribution < 1.29 is 5.11 Å². The van der Waals surface area contributed by atoms with Crippen LogP contribution in [0.1, 0.15) is 34.1 Å². The molecule has 0 aromatic rings. The van der Waals surface area contributed by atoms with Crippen LogP contribution in [0, 0.1) is 28.7 Å². The molecule has 3 heteroatoms. The lowest BCUT2D eigenvalue weighted by Gasteiger charge is -2.18. The second kappa shape index (κ2) is 4.70. The van der Waals surface area contributed by atoms with E-state index in [0.29, 0.717) is 18.4 Å². The van der Waals surface area contributed by atoms with Gasteiger partial charge >= 0.3 is 0 Å². The first-order valence-electron chi connectivity index (χ1n) is 6.20. The Morgan fingerprint density at radius 2 is 2.06 bits per heavy atom. The molecule has 1 saturated carbocycles. The molecule has 0 aromatic carbocycles. The summed E-state index contributed by atoms with van der Waals surface area (Å²) in [5.41, 5.74) is -0.386. The molecule has 0 amide bonds. The lowest BCUT2D eigenvalue weighted by atomic mass is 9.97. The van der Waals surface area contributed by atoms with Crippen molar-refractivity contribution in [2.75, 3.05) is 13.1 Å². The van der Waals surface area contributed by atoms with Gasteiger partial charge in [-0.15, -0.1) is 6.58 Å². The van der Waals surface area contributed by atoms with Crippen LogP contribution in [0.4, 0.5) is 0 Å². The summed E-state index contributed by atoms with van der Waals surface area (Å²) in [6, 6.07) is 0. The van der Waals surface area contributed by atoms with Gasteiger partial charge in [-0.05, 0) is 37.5 Å². The molecule has 96 valence electrons. The first-order chi connectivity index (χ1) is 7.72. The summed E-state index contributed by atoms with van der Waals surface area (Å²) in [4.78, 5) is 1.74. The zero-order chi connectivity index (χ0) is 13.3. The van der Waals surface area contributed by atoms with Gasteiger partial charge in [-0.25, -0.2) is 0 Å². The molecule has 0 aromatic heterocycles. The third kappa shape index (κ3) is 3.47. The van der Waals surface area contributed by atoms with Crippen molar-refractivity contribution in [3.8, 4) is 6.19 Å². The molecule has 1 aliphatic rings. The zero-order valence-corrected chi connectivity index (χ0v) is 11.4. The maximum Gasteiger partial charge on any atom is 0.179 e. The van der Waals surface area contributed by atoms with Crippen molar-refractivity contribution in [2.45, 2.75) is 39.7 Å². The van der Waals surface area contributed by atoms with Crippen LogP contribution in [0.25, 0.3) is 0 Å². The van der Waals surface area contributed by atoms with Gasteiger partial charge in [0.2, 0.25) is 0 Å². The van der Waals surface area contributed by atoms with Crippen molar-refractivity contribution in [3.05, 3.63) is 12.7 Å². The molecule has 1 rings (SSSR count). The maximum atomic E-state index is 9.88. The molecule has 0 spiro atoms. The van der Waals surface area contributed by atoms with Crippen LogP contribution in [-0.4, -0.2) is 28.7 Å². The average Bonchev–Trinajstić information content (AvgIpc) is 2.66. The third-order valence-electron chi connectivity index (χ3n) is 3.92. The quantitative estimate of drug-likeness (QED) is 0.437. The number of nitriles is 1. The number of hydrogen-bond donors (Lipinski definition) is 1.